The summed E-state index contributed by atoms with van der Waals surface area (Å²) >= 11 is 0. The molecule has 1 aliphatic rings. The minimum Gasteiger partial charge on any atom is -0.482 e. The molecule has 20 heavy (non-hydrogen) atoms. The van der Waals surface area contributed by atoms with E-state index < -0.39 is 10.0 Å². The van der Waals surface area contributed by atoms with Crippen LogP contribution in [0.25, 0.3) is 0 Å². The Morgan fingerprint density at radius 2 is 2.15 bits per heavy atom. The first-order valence-corrected chi connectivity index (χ1v) is 7.93. The number of fused-ring (bicyclic) bond motifs is 1. The van der Waals surface area contributed by atoms with Gasteiger partial charge in [-0.3, -0.25) is 4.79 Å². The summed E-state index contributed by atoms with van der Waals surface area (Å²) in [7, 11) is -3.56. The molecule has 0 saturated heterocycles. The maximum Gasteiger partial charge on any atom is 0.262 e. The van der Waals surface area contributed by atoms with Gasteiger partial charge in [0, 0.05) is 6.54 Å². The average molecular weight is 298 g/mol. The fraction of sp³-hybridized carbons (Fsp3) is 0.462. The lowest BCUT2D eigenvalue weighted by molar-refractivity contribution is -0.118. The standard InChI is InChI=1S/C13H18N2O4S/c1-9(2)5-6-14-20(17,18)10-3-4-12-11(7-10)15-13(16)8-19-12/h3-4,7,9,14H,5-6,8H2,1-2H3,(H,15,16). The third-order valence-electron chi connectivity index (χ3n) is 2.91. The molecule has 110 valence electrons. The van der Waals surface area contributed by atoms with Gasteiger partial charge in [0.1, 0.15) is 5.75 Å². The molecule has 2 rings (SSSR count). The molecule has 0 bridgehead atoms. The van der Waals surface area contributed by atoms with Crippen LogP contribution < -0.4 is 14.8 Å². The van der Waals surface area contributed by atoms with Crippen LogP contribution in [0.3, 0.4) is 0 Å². The molecule has 0 aliphatic carbocycles. The highest BCUT2D eigenvalue weighted by Gasteiger charge is 2.20. The van der Waals surface area contributed by atoms with Crippen LogP contribution in [0.4, 0.5) is 5.69 Å². The van der Waals surface area contributed by atoms with E-state index in [1.807, 2.05) is 13.8 Å². The van der Waals surface area contributed by atoms with E-state index in [0.717, 1.165) is 6.42 Å². The van der Waals surface area contributed by atoms with Crippen LogP contribution in [0.2, 0.25) is 0 Å². The van der Waals surface area contributed by atoms with Crippen molar-refractivity contribution in [3.05, 3.63) is 18.2 Å². The molecular weight excluding hydrogens is 280 g/mol. The first-order chi connectivity index (χ1) is 9.38. The number of nitrogens with one attached hydrogen (secondary N) is 2. The number of anilines is 1. The predicted octanol–water partition coefficient (Wildman–Crippen LogP) is 1.34. The normalized spacial score (nSPS) is 14.7. The fourth-order valence-electron chi connectivity index (χ4n) is 1.79. The summed E-state index contributed by atoms with van der Waals surface area (Å²) in [6, 6.07) is 4.42. The van der Waals surface area contributed by atoms with Gasteiger partial charge in [-0.15, -0.1) is 0 Å². The molecule has 0 aromatic heterocycles. The van der Waals surface area contributed by atoms with Gasteiger partial charge in [-0.05, 0) is 30.5 Å². The van der Waals surface area contributed by atoms with E-state index in [0.29, 0.717) is 23.9 Å². The van der Waals surface area contributed by atoms with Crippen LogP contribution in [0, 0.1) is 5.92 Å². The van der Waals surface area contributed by atoms with Crippen LogP contribution in [-0.4, -0.2) is 27.5 Å². The van der Waals surface area contributed by atoms with Gasteiger partial charge in [-0.25, -0.2) is 13.1 Å². The van der Waals surface area contributed by atoms with Crippen LogP contribution in [-0.2, 0) is 14.8 Å². The molecular formula is C13H18N2O4S. The van der Waals surface area contributed by atoms with Crippen molar-refractivity contribution in [3.63, 3.8) is 0 Å². The second kappa shape index (κ2) is 5.80. The van der Waals surface area contributed by atoms with E-state index >= 15 is 0 Å². The zero-order valence-corrected chi connectivity index (χ0v) is 12.3. The maximum absolute atomic E-state index is 12.1. The maximum atomic E-state index is 12.1. The first-order valence-electron chi connectivity index (χ1n) is 6.45. The van der Waals surface area contributed by atoms with Crippen LogP contribution in [0.5, 0.6) is 5.75 Å². The highest BCUT2D eigenvalue weighted by Crippen LogP contribution is 2.29. The number of ether oxygens (including phenoxy) is 1. The topological polar surface area (TPSA) is 84.5 Å². The Labute approximate surface area is 118 Å². The Bertz CT molecular complexity index is 611. The van der Waals surface area contributed by atoms with Crippen LogP contribution >= 0.6 is 0 Å². The number of sulfonamides is 1. The number of hydrogen-bond donors (Lipinski definition) is 2. The monoisotopic (exact) mass is 298 g/mol. The molecule has 7 heteroatoms. The van der Waals surface area contributed by atoms with E-state index in [4.69, 9.17) is 4.74 Å². The van der Waals surface area contributed by atoms with Crippen molar-refractivity contribution in [2.75, 3.05) is 18.5 Å². The lowest BCUT2D eigenvalue weighted by atomic mass is 10.1. The Kier molecular flexibility index (Phi) is 4.29. The van der Waals surface area contributed by atoms with Crippen molar-refractivity contribution in [2.24, 2.45) is 5.92 Å². The van der Waals surface area contributed by atoms with Crippen LogP contribution in [0.1, 0.15) is 20.3 Å². The van der Waals surface area contributed by atoms with Gasteiger partial charge in [0.2, 0.25) is 10.0 Å². The largest absolute Gasteiger partial charge is 0.482 e. The van der Waals surface area contributed by atoms with Crippen molar-refractivity contribution >= 4 is 21.6 Å². The number of hydrogen-bond acceptors (Lipinski definition) is 4. The Balaban J connectivity index is 2.16. The molecule has 0 unspecified atom stereocenters. The van der Waals surface area contributed by atoms with E-state index in [-0.39, 0.29) is 17.4 Å². The summed E-state index contributed by atoms with van der Waals surface area (Å²) in [5.41, 5.74) is 0.382. The summed E-state index contributed by atoms with van der Waals surface area (Å²) in [5, 5.41) is 2.59. The van der Waals surface area contributed by atoms with Crippen molar-refractivity contribution in [2.45, 2.75) is 25.2 Å². The SMILES string of the molecule is CC(C)CCNS(=O)(=O)c1ccc2c(c1)NC(=O)CO2. The molecule has 0 spiro atoms. The van der Waals surface area contributed by atoms with Gasteiger partial charge < -0.3 is 10.1 Å². The Morgan fingerprint density at radius 3 is 2.85 bits per heavy atom. The molecule has 2 N–H and O–H groups in total. The summed E-state index contributed by atoms with van der Waals surface area (Å²) in [4.78, 5) is 11.3. The second-order valence-electron chi connectivity index (χ2n) is 5.08. The van der Waals surface area contributed by atoms with E-state index in [2.05, 4.69) is 10.0 Å². The zero-order chi connectivity index (χ0) is 14.8. The minimum atomic E-state index is -3.56. The predicted molar refractivity (Wildman–Crippen MR) is 75.2 cm³/mol. The number of carbonyl (C=O) groups excluding carboxylic acids is 1. The first kappa shape index (κ1) is 14.8. The van der Waals surface area contributed by atoms with Crippen LogP contribution in [0.15, 0.2) is 23.1 Å². The third kappa shape index (κ3) is 3.49. The molecule has 0 saturated carbocycles. The number of rotatable bonds is 5. The van der Waals surface area contributed by atoms with Crippen molar-refractivity contribution in [1.29, 1.82) is 0 Å². The summed E-state index contributed by atoms with van der Waals surface area (Å²) < 4.78 is 32.0. The van der Waals surface area contributed by atoms with Gasteiger partial charge in [0.05, 0.1) is 10.6 Å². The molecule has 0 radical (unpaired) electrons. The fourth-order valence-corrected chi connectivity index (χ4v) is 2.87. The van der Waals surface area contributed by atoms with Crippen molar-refractivity contribution in [3.8, 4) is 5.75 Å². The molecule has 1 amide bonds. The summed E-state index contributed by atoms with van der Waals surface area (Å²) in [6.45, 7) is 4.39. The number of benzene rings is 1. The number of amides is 1. The van der Waals surface area contributed by atoms with Crippen molar-refractivity contribution < 1.29 is 17.9 Å². The van der Waals surface area contributed by atoms with Gasteiger partial charge >= 0.3 is 0 Å². The number of carbonyl (C=O) groups is 1. The van der Waals surface area contributed by atoms with Gasteiger partial charge in [0.15, 0.2) is 6.61 Å². The van der Waals surface area contributed by atoms with Crippen molar-refractivity contribution in [1.82, 2.24) is 4.72 Å². The minimum absolute atomic E-state index is 0.0499. The molecule has 6 nitrogen and oxygen atoms in total. The third-order valence-corrected chi connectivity index (χ3v) is 4.37. The molecule has 0 fully saturated rings. The van der Waals surface area contributed by atoms with Gasteiger partial charge in [-0.1, -0.05) is 13.8 Å². The lowest BCUT2D eigenvalue weighted by Gasteiger charge is -2.18. The molecule has 1 heterocycles. The summed E-state index contributed by atoms with van der Waals surface area (Å²) in [6.07, 6.45) is 0.768. The van der Waals surface area contributed by atoms with E-state index in [1.165, 1.54) is 12.1 Å². The molecule has 1 aromatic rings. The highest BCUT2D eigenvalue weighted by atomic mass is 32.2. The lowest BCUT2D eigenvalue weighted by Crippen LogP contribution is -2.27. The molecule has 1 aromatic carbocycles. The Morgan fingerprint density at radius 1 is 1.40 bits per heavy atom. The van der Waals surface area contributed by atoms with E-state index in [9.17, 15) is 13.2 Å². The smallest absolute Gasteiger partial charge is 0.262 e. The van der Waals surface area contributed by atoms with Gasteiger partial charge in [0.25, 0.3) is 5.91 Å². The molecule has 0 atom stereocenters. The zero-order valence-electron chi connectivity index (χ0n) is 11.5. The summed E-state index contributed by atoms with van der Waals surface area (Å²) in [5.74, 6) is 0.611. The highest BCUT2D eigenvalue weighted by molar-refractivity contribution is 7.89. The van der Waals surface area contributed by atoms with E-state index in [1.54, 1.807) is 6.07 Å². The van der Waals surface area contributed by atoms with Gasteiger partial charge in [-0.2, -0.15) is 0 Å². The Hall–Kier alpha value is -1.60. The quantitative estimate of drug-likeness (QED) is 0.859. The second-order valence-corrected chi connectivity index (χ2v) is 6.84. The molecule has 1 aliphatic heterocycles. The average Bonchev–Trinajstić information content (AvgIpc) is 2.37.